The van der Waals surface area contributed by atoms with Crippen LogP contribution < -0.4 is 5.73 Å². The maximum atomic E-state index is 11.2. The first-order valence-electron chi connectivity index (χ1n) is 5.06. The van der Waals surface area contributed by atoms with Crippen LogP contribution in [0.1, 0.15) is 10.4 Å². The third-order valence-corrected chi connectivity index (χ3v) is 3.33. The van der Waals surface area contributed by atoms with Gasteiger partial charge in [0.15, 0.2) is 0 Å². The number of carbonyl (C=O) groups is 1. The van der Waals surface area contributed by atoms with Crippen molar-refractivity contribution < 1.29 is 4.79 Å². The molecule has 0 unspecified atom stereocenters. The van der Waals surface area contributed by atoms with Crippen LogP contribution in [-0.2, 0) is 0 Å². The van der Waals surface area contributed by atoms with E-state index in [1.807, 2.05) is 22.9 Å². The van der Waals surface area contributed by atoms with Crippen LogP contribution in [0.3, 0.4) is 0 Å². The number of nitrogens with one attached hydrogen (secondary N) is 1. The summed E-state index contributed by atoms with van der Waals surface area (Å²) in [5, 5.41) is 12.1. The number of rotatable bonds is 2. The van der Waals surface area contributed by atoms with E-state index >= 15 is 0 Å². The van der Waals surface area contributed by atoms with Gasteiger partial charge in [0.05, 0.1) is 5.52 Å². The predicted molar refractivity (Wildman–Crippen MR) is 67.9 cm³/mol. The molecule has 0 radical (unpaired) electrons. The molecule has 0 aliphatic carbocycles. The minimum absolute atomic E-state index is 0.427. The number of thiophene rings is 1. The van der Waals surface area contributed by atoms with Crippen LogP contribution in [0.15, 0.2) is 35.0 Å². The Morgan fingerprint density at radius 1 is 1.35 bits per heavy atom. The molecule has 0 aliphatic rings. The number of hydrogen-bond acceptors (Lipinski definition) is 3. The number of amides is 1. The third kappa shape index (κ3) is 1.60. The molecule has 2 aromatic heterocycles. The molecule has 3 aromatic rings. The minimum atomic E-state index is -0.427. The number of fused-ring (bicyclic) bond motifs is 1. The SMILES string of the molecule is NC(=O)c1ccc2[nH]nc(-c3ccsc3)c2c1. The van der Waals surface area contributed by atoms with E-state index in [1.54, 1.807) is 23.5 Å². The average molecular weight is 243 g/mol. The quantitative estimate of drug-likeness (QED) is 0.725. The van der Waals surface area contributed by atoms with Crippen molar-refractivity contribution >= 4 is 28.1 Å². The smallest absolute Gasteiger partial charge is 0.248 e. The highest BCUT2D eigenvalue weighted by molar-refractivity contribution is 7.08. The standard InChI is InChI=1S/C12H9N3OS/c13-12(16)7-1-2-10-9(5-7)11(15-14-10)8-3-4-17-6-8/h1-6H,(H2,13,16)(H,14,15). The number of aromatic amines is 1. The van der Waals surface area contributed by atoms with Crippen molar-refractivity contribution in [3.63, 3.8) is 0 Å². The average Bonchev–Trinajstić information content (AvgIpc) is 2.96. The van der Waals surface area contributed by atoms with E-state index in [2.05, 4.69) is 10.2 Å². The molecule has 1 aromatic carbocycles. The molecule has 84 valence electrons. The van der Waals surface area contributed by atoms with Crippen LogP contribution in [0.4, 0.5) is 0 Å². The van der Waals surface area contributed by atoms with Gasteiger partial charge in [-0.2, -0.15) is 16.4 Å². The van der Waals surface area contributed by atoms with Crippen LogP contribution in [0.2, 0.25) is 0 Å². The van der Waals surface area contributed by atoms with Crippen LogP contribution in [0.5, 0.6) is 0 Å². The van der Waals surface area contributed by atoms with Crippen molar-refractivity contribution in [2.24, 2.45) is 5.73 Å². The molecule has 4 nitrogen and oxygen atoms in total. The van der Waals surface area contributed by atoms with Gasteiger partial charge in [0, 0.05) is 21.9 Å². The van der Waals surface area contributed by atoms with Gasteiger partial charge in [-0.25, -0.2) is 0 Å². The van der Waals surface area contributed by atoms with Gasteiger partial charge >= 0.3 is 0 Å². The lowest BCUT2D eigenvalue weighted by Gasteiger charge is -1.97. The molecule has 0 spiro atoms. The van der Waals surface area contributed by atoms with Crippen molar-refractivity contribution in [1.82, 2.24) is 10.2 Å². The molecular weight excluding hydrogens is 234 g/mol. The summed E-state index contributed by atoms with van der Waals surface area (Å²) in [6.07, 6.45) is 0. The van der Waals surface area contributed by atoms with Gasteiger partial charge in [-0.05, 0) is 29.6 Å². The van der Waals surface area contributed by atoms with Crippen molar-refractivity contribution in [2.45, 2.75) is 0 Å². The number of aromatic nitrogens is 2. The second-order valence-corrected chi connectivity index (χ2v) is 4.49. The Labute approximate surface area is 101 Å². The second-order valence-electron chi connectivity index (χ2n) is 3.71. The number of benzene rings is 1. The van der Waals surface area contributed by atoms with Crippen molar-refractivity contribution in [1.29, 1.82) is 0 Å². The van der Waals surface area contributed by atoms with Gasteiger partial charge in [0.25, 0.3) is 0 Å². The Balaban J connectivity index is 2.26. The van der Waals surface area contributed by atoms with E-state index in [0.717, 1.165) is 22.2 Å². The molecule has 17 heavy (non-hydrogen) atoms. The third-order valence-electron chi connectivity index (χ3n) is 2.64. The number of carbonyl (C=O) groups excluding carboxylic acids is 1. The monoisotopic (exact) mass is 243 g/mol. The number of hydrogen-bond donors (Lipinski definition) is 2. The lowest BCUT2D eigenvalue weighted by molar-refractivity contribution is 0.100. The predicted octanol–water partition coefficient (Wildman–Crippen LogP) is 2.39. The normalized spacial score (nSPS) is 10.8. The van der Waals surface area contributed by atoms with Gasteiger partial charge < -0.3 is 5.73 Å². The summed E-state index contributed by atoms with van der Waals surface area (Å²) in [6.45, 7) is 0. The summed E-state index contributed by atoms with van der Waals surface area (Å²) in [4.78, 5) is 11.2. The Morgan fingerprint density at radius 3 is 2.94 bits per heavy atom. The molecule has 2 heterocycles. The zero-order chi connectivity index (χ0) is 11.8. The van der Waals surface area contributed by atoms with Gasteiger partial charge in [-0.15, -0.1) is 0 Å². The Morgan fingerprint density at radius 2 is 2.24 bits per heavy atom. The van der Waals surface area contributed by atoms with Crippen molar-refractivity contribution in [2.75, 3.05) is 0 Å². The van der Waals surface area contributed by atoms with Gasteiger partial charge in [-0.1, -0.05) is 0 Å². The van der Waals surface area contributed by atoms with Gasteiger partial charge in [-0.3, -0.25) is 9.89 Å². The highest BCUT2D eigenvalue weighted by atomic mass is 32.1. The van der Waals surface area contributed by atoms with E-state index in [4.69, 9.17) is 5.73 Å². The summed E-state index contributed by atoms with van der Waals surface area (Å²) in [6, 6.07) is 7.28. The molecule has 0 fully saturated rings. The molecule has 1 amide bonds. The second kappa shape index (κ2) is 3.71. The topological polar surface area (TPSA) is 71.8 Å². The fourth-order valence-electron chi connectivity index (χ4n) is 1.79. The number of nitrogens with two attached hydrogens (primary N) is 1. The molecule has 3 N–H and O–H groups in total. The Kier molecular flexibility index (Phi) is 2.19. The van der Waals surface area contributed by atoms with Crippen LogP contribution >= 0.6 is 11.3 Å². The first-order valence-corrected chi connectivity index (χ1v) is 6.00. The molecule has 3 rings (SSSR count). The molecule has 5 heteroatoms. The van der Waals surface area contributed by atoms with Crippen molar-refractivity contribution in [3.05, 3.63) is 40.6 Å². The largest absolute Gasteiger partial charge is 0.366 e. The van der Waals surface area contributed by atoms with Gasteiger partial charge in [0.2, 0.25) is 5.91 Å². The lowest BCUT2D eigenvalue weighted by atomic mass is 10.1. The lowest BCUT2D eigenvalue weighted by Crippen LogP contribution is -2.10. The minimum Gasteiger partial charge on any atom is -0.366 e. The first kappa shape index (κ1) is 10.0. The van der Waals surface area contributed by atoms with Gasteiger partial charge in [0.1, 0.15) is 5.69 Å². The first-order chi connectivity index (χ1) is 8.25. The Bertz CT molecular complexity index is 685. The van der Waals surface area contributed by atoms with Crippen molar-refractivity contribution in [3.8, 4) is 11.3 Å². The fourth-order valence-corrected chi connectivity index (χ4v) is 2.43. The summed E-state index contributed by atoms with van der Waals surface area (Å²) < 4.78 is 0. The molecular formula is C12H9N3OS. The number of nitrogens with zero attached hydrogens (tertiary/aromatic N) is 1. The summed E-state index contributed by atoms with van der Waals surface area (Å²) in [5.41, 5.74) is 8.57. The van der Waals surface area contributed by atoms with E-state index in [0.29, 0.717) is 5.56 Å². The molecule has 0 aliphatic heterocycles. The fraction of sp³-hybridized carbons (Fsp3) is 0. The summed E-state index contributed by atoms with van der Waals surface area (Å²) in [7, 11) is 0. The highest BCUT2D eigenvalue weighted by Crippen LogP contribution is 2.28. The Hall–Kier alpha value is -2.14. The molecule has 0 atom stereocenters. The molecule has 0 saturated carbocycles. The highest BCUT2D eigenvalue weighted by Gasteiger charge is 2.10. The van der Waals surface area contributed by atoms with Crippen LogP contribution in [-0.4, -0.2) is 16.1 Å². The molecule has 0 bridgehead atoms. The number of primary amides is 1. The maximum Gasteiger partial charge on any atom is 0.248 e. The van der Waals surface area contributed by atoms with Crippen LogP contribution in [0.25, 0.3) is 22.2 Å². The summed E-state index contributed by atoms with van der Waals surface area (Å²) >= 11 is 1.61. The van der Waals surface area contributed by atoms with E-state index in [-0.39, 0.29) is 0 Å². The zero-order valence-electron chi connectivity index (χ0n) is 8.81. The van der Waals surface area contributed by atoms with Crippen LogP contribution in [0, 0.1) is 0 Å². The maximum absolute atomic E-state index is 11.2. The van der Waals surface area contributed by atoms with E-state index in [1.165, 1.54) is 0 Å². The van der Waals surface area contributed by atoms with E-state index in [9.17, 15) is 4.79 Å². The van der Waals surface area contributed by atoms with E-state index < -0.39 is 5.91 Å². The summed E-state index contributed by atoms with van der Waals surface area (Å²) in [5.74, 6) is -0.427. The number of H-pyrrole nitrogens is 1. The zero-order valence-corrected chi connectivity index (χ0v) is 9.62. The molecule has 0 saturated heterocycles.